The van der Waals surface area contributed by atoms with E-state index in [9.17, 15) is 9.36 Å². The number of ether oxygens (including phenoxy) is 2. The predicted molar refractivity (Wildman–Crippen MR) is 170 cm³/mol. The molecular weight excluding hydrogens is 546 g/mol. The van der Waals surface area contributed by atoms with Crippen LogP contribution in [0.15, 0.2) is 60.7 Å². The molecule has 0 aromatic heterocycles. The van der Waals surface area contributed by atoms with E-state index >= 15 is 0 Å². The topological polar surface area (TPSA) is 65.6 Å². The molecule has 2 saturated heterocycles. The van der Waals surface area contributed by atoms with Crippen molar-refractivity contribution in [2.24, 2.45) is 0 Å². The van der Waals surface area contributed by atoms with Crippen molar-refractivity contribution in [3.05, 3.63) is 71.8 Å². The van der Waals surface area contributed by atoms with Gasteiger partial charge in [-0.3, -0.25) is 14.3 Å². The van der Waals surface area contributed by atoms with Gasteiger partial charge in [0.1, 0.15) is 14.2 Å². The molecule has 42 heavy (non-hydrogen) atoms. The highest BCUT2D eigenvalue weighted by atomic mass is 31.2. The van der Waals surface area contributed by atoms with E-state index in [1.54, 1.807) is 4.67 Å². The van der Waals surface area contributed by atoms with Gasteiger partial charge >= 0.3 is 0 Å². The summed E-state index contributed by atoms with van der Waals surface area (Å²) >= 11 is 0. The Hall–Kier alpha value is -2.00. The summed E-state index contributed by atoms with van der Waals surface area (Å²) in [4.78, 5) is 17.5. The summed E-state index contributed by atoms with van der Waals surface area (Å²) in [5, 5.41) is 0. The molecule has 3 unspecified atom stereocenters. The van der Waals surface area contributed by atoms with E-state index in [0.717, 1.165) is 13.0 Å². The highest BCUT2D eigenvalue weighted by Crippen LogP contribution is 2.51. The largest absolute Gasteiger partial charge is 0.380 e. The van der Waals surface area contributed by atoms with E-state index in [4.69, 9.17) is 17.3 Å². The average molecular weight is 595 g/mol. The number of rotatable bonds is 11. The second kappa shape index (κ2) is 14.7. The Balaban J connectivity index is 1.29. The molecular formula is C32H48BN4O4P. The first-order valence-electron chi connectivity index (χ1n) is 15.1. The monoisotopic (exact) mass is 594 g/mol. The van der Waals surface area contributed by atoms with Crippen LogP contribution in [0.1, 0.15) is 50.7 Å². The van der Waals surface area contributed by atoms with Crippen LogP contribution in [0.4, 0.5) is 0 Å². The van der Waals surface area contributed by atoms with Gasteiger partial charge in [-0.2, -0.15) is 0 Å². The molecule has 8 nitrogen and oxygen atoms in total. The first-order valence-corrected chi connectivity index (χ1v) is 16.9. The normalized spacial score (nSPS) is 22.4. The van der Waals surface area contributed by atoms with Gasteiger partial charge in [0.05, 0.1) is 12.7 Å². The first-order chi connectivity index (χ1) is 20.0. The van der Waals surface area contributed by atoms with Gasteiger partial charge in [0.25, 0.3) is 0 Å². The van der Waals surface area contributed by atoms with Crippen LogP contribution in [-0.2, 0) is 18.8 Å². The quantitative estimate of drug-likeness (QED) is 0.281. The third-order valence-electron chi connectivity index (χ3n) is 8.43. The van der Waals surface area contributed by atoms with Gasteiger partial charge in [-0.1, -0.05) is 60.7 Å². The molecule has 0 saturated carbocycles. The van der Waals surface area contributed by atoms with Crippen LogP contribution in [0.25, 0.3) is 0 Å². The molecule has 2 heterocycles. The third kappa shape index (κ3) is 8.55. The van der Waals surface area contributed by atoms with Crippen LogP contribution < -0.4 is 0 Å². The number of nitrogens with zero attached hydrogens (tertiary/aromatic N) is 4. The van der Waals surface area contributed by atoms with Gasteiger partial charge in [0.15, 0.2) is 0 Å². The van der Waals surface area contributed by atoms with Gasteiger partial charge in [0.2, 0.25) is 13.4 Å². The Labute approximate surface area is 254 Å². The van der Waals surface area contributed by atoms with Crippen LogP contribution in [0, 0.1) is 0 Å². The van der Waals surface area contributed by atoms with Crippen molar-refractivity contribution in [1.29, 1.82) is 0 Å². The number of hydrogen-bond donors (Lipinski definition) is 0. The van der Waals surface area contributed by atoms with Gasteiger partial charge < -0.3 is 14.4 Å². The van der Waals surface area contributed by atoms with Crippen LogP contribution >= 0.6 is 7.44 Å². The molecule has 2 aliphatic heterocycles. The molecule has 0 spiro atoms. The van der Waals surface area contributed by atoms with E-state index in [-0.39, 0.29) is 35.8 Å². The highest BCUT2D eigenvalue weighted by Gasteiger charge is 2.38. The minimum atomic E-state index is -2.96. The van der Waals surface area contributed by atoms with Crippen LogP contribution in [0.2, 0.25) is 0 Å². The van der Waals surface area contributed by atoms with Gasteiger partial charge in [0, 0.05) is 63.1 Å². The van der Waals surface area contributed by atoms with Crippen LogP contribution in [0.5, 0.6) is 0 Å². The third-order valence-corrected chi connectivity index (χ3v) is 11.5. The zero-order valence-electron chi connectivity index (χ0n) is 26.0. The molecule has 4 rings (SSSR count). The number of hydrogen-bond acceptors (Lipinski definition) is 5. The lowest BCUT2D eigenvalue weighted by atomic mass is 9.87. The molecule has 228 valence electrons. The van der Waals surface area contributed by atoms with Gasteiger partial charge in [-0.15, -0.1) is 0 Å². The molecule has 1 amide bonds. The lowest BCUT2D eigenvalue weighted by molar-refractivity contribution is -0.132. The summed E-state index contributed by atoms with van der Waals surface area (Å²) < 4.78 is 29.9. The Kier molecular flexibility index (Phi) is 11.5. The molecule has 2 radical (unpaired) electrons. The van der Waals surface area contributed by atoms with Crippen molar-refractivity contribution in [2.75, 3.05) is 66.3 Å². The van der Waals surface area contributed by atoms with E-state index in [1.165, 1.54) is 11.1 Å². The van der Waals surface area contributed by atoms with E-state index < -0.39 is 7.44 Å². The second-order valence-corrected chi connectivity index (χ2v) is 15.6. The number of amides is 1. The van der Waals surface area contributed by atoms with Gasteiger partial charge in [-0.05, 0) is 52.4 Å². The molecule has 2 aliphatic rings. The van der Waals surface area contributed by atoms with Crippen molar-refractivity contribution in [2.45, 2.75) is 57.2 Å². The summed E-state index contributed by atoms with van der Waals surface area (Å²) in [7, 11) is 6.86. The fourth-order valence-corrected chi connectivity index (χ4v) is 7.89. The van der Waals surface area contributed by atoms with Gasteiger partial charge in [-0.25, -0.2) is 9.34 Å². The Morgan fingerprint density at radius 2 is 1.57 bits per heavy atom. The number of carbonyl (C=O) groups excluding carboxylic acids is 1. The Morgan fingerprint density at radius 3 is 2.10 bits per heavy atom. The van der Waals surface area contributed by atoms with Crippen molar-refractivity contribution in [1.82, 2.24) is 19.1 Å². The lowest BCUT2D eigenvalue weighted by Gasteiger charge is -2.44. The van der Waals surface area contributed by atoms with E-state index in [1.807, 2.05) is 35.8 Å². The second-order valence-electron chi connectivity index (χ2n) is 12.6. The minimum absolute atomic E-state index is 0.0142. The van der Waals surface area contributed by atoms with Crippen molar-refractivity contribution in [3.8, 4) is 0 Å². The SMILES string of the molecule is [B]C1CN(C(C)(C)C)CC(COCP(=O)(N(C)C)N2CCN(C(=O)CCC(c3ccccc3)c3ccccc3)CC2)O1. The van der Waals surface area contributed by atoms with E-state index in [0.29, 0.717) is 45.8 Å². The van der Waals surface area contributed by atoms with Crippen molar-refractivity contribution in [3.63, 3.8) is 0 Å². The Morgan fingerprint density at radius 1 is 1.00 bits per heavy atom. The number of carbonyl (C=O) groups is 1. The summed E-state index contributed by atoms with van der Waals surface area (Å²) in [5.41, 5.74) is 2.43. The Bertz CT molecular complexity index is 1130. The molecule has 0 aliphatic carbocycles. The fourth-order valence-electron chi connectivity index (χ4n) is 5.84. The maximum Gasteiger partial charge on any atom is 0.241 e. The fraction of sp³-hybridized carbons (Fsp3) is 0.594. The standard InChI is InChI=1S/C32H48BN4O4P/c1-32(2,3)36-22-28(41-30(33)23-36)24-40-25-42(39,34(4)5)37-20-18-35(19-21-37)31(38)17-16-29(26-12-8-6-9-13-26)27-14-10-7-11-15-27/h6-15,28-30H,16-25H2,1-5H3. The smallest absolute Gasteiger partial charge is 0.241 e. The maximum absolute atomic E-state index is 14.2. The molecule has 0 bridgehead atoms. The van der Waals surface area contributed by atoms with Crippen molar-refractivity contribution >= 4 is 21.2 Å². The first kappa shape index (κ1) is 32.9. The summed E-state index contributed by atoms with van der Waals surface area (Å²) in [6.07, 6.45) is 1.15. The lowest BCUT2D eigenvalue weighted by Crippen LogP contribution is -2.56. The molecule has 2 fully saturated rings. The number of benzene rings is 2. The highest BCUT2D eigenvalue weighted by molar-refractivity contribution is 7.58. The molecule has 3 atom stereocenters. The average Bonchev–Trinajstić information content (AvgIpc) is 2.97. The van der Waals surface area contributed by atoms with Crippen molar-refractivity contribution < 1.29 is 18.8 Å². The summed E-state index contributed by atoms with van der Waals surface area (Å²) in [6, 6.07) is 20.4. The predicted octanol–water partition coefficient (Wildman–Crippen LogP) is 4.47. The zero-order chi connectivity index (χ0) is 30.3. The van der Waals surface area contributed by atoms with Crippen LogP contribution in [0.3, 0.4) is 0 Å². The molecule has 10 heteroatoms. The number of morpholine rings is 1. The molecule has 2 aromatic carbocycles. The van der Waals surface area contributed by atoms with Crippen LogP contribution in [-0.4, -0.2) is 117 Å². The summed E-state index contributed by atoms with van der Waals surface area (Å²) in [6.45, 7) is 10.4. The maximum atomic E-state index is 14.2. The minimum Gasteiger partial charge on any atom is -0.380 e. The molecule has 0 N–H and O–H groups in total. The van der Waals surface area contributed by atoms with E-state index in [2.05, 4.69) is 74.2 Å². The molecule has 2 aromatic rings. The number of piperazine rings is 1. The summed E-state index contributed by atoms with van der Waals surface area (Å²) in [5.74, 6) is 0.318. The zero-order valence-corrected chi connectivity index (χ0v) is 26.9.